The van der Waals surface area contributed by atoms with E-state index in [1.54, 1.807) is 6.20 Å². The van der Waals surface area contributed by atoms with Crippen LogP contribution in [0.2, 0.25) is 0 Å². The van der Waals surface area contributed by atoms with Gasteiger partial charge in [-0.15, -0.1) is 0 Å². The zero-order valence-electron chi connectivity index (χ0n) is 14.8. The molecule has 2 aromatic rings. The molecule has 0 aliphatic carbocycles. The Kier molecular flexibility index (Phi) is 6.27. The molecule has 0 spiro atoms. The monoisotopic (exact) mass is 355 g/mol. The average Bonchev–Trinajstić information content (AvgIpc) is 3.09. The second-order valence-corrected chi connectivity index (χ2v) is 6.27. The van der Waals surface area contributed by atoms with Crippen molar-refractivity contribution in [3.05, 3.63) is 53.9 Å². The van der Waals surface area contributed by atoms with Crippen LogP contribution < -0.4 is 20.9 Å². The number of rotatable bonds is 9. The molecule has 1 aromatic carbocycles. The van der Waals surface area contributed by atoms with Gasteiger partial charge in [0.2, 0.25) is 6.79 Å². The van der Waals surface area contributed by atoms with Crippen LogP contribution in [0.4, 0.5) is 0 Å². The number of nitrogens with two attached hydrogens (primary N) is 2. The molecule has 26 heavy (non-hydrogen) atoms. The fraction of sp³-hybridized carbons (Fsp3) is 0.368. The molecule has 0 radical (unpaired) electrons. The summed E-state index contributed by atoms with van der Waals surface area (Å²) in [4.78, 5) is 10.6. The van der Waals surface area contributed by atoms with Crippen molar-refractivity contribution < 1.29 is 9.47 Å². The number of aromatic nitrogens is 1. The van der Waals surface area contributed by atoms with Crippen LogP contribution in [-0.4, -0.2) is 35.7 Å². The van der Waals surface area contributed by atoms with Crippen LogP contribution in [0.25, 0.3) is 0 Å². The van der Waals surface area contributed by atoms with E-state index in [1.807, 2.05) is 18.3 Å². The van der Waals surface area contributed by atoms with Crippen molar-refractivity contribution in [2.24, 2.45) is 16.5 Å². The van der Waals surface area contributed by atoms with Gasteiger partial charge in [0.05, 0.1) is 0 Å². The summed E-state index contributed by atoms with van der Waals surface area (Å²) in [7, 11) is 0. The summed E-state index contributed by atoms with van der Waals surface area (Å²) in [6.45, 7) is 3.57. The second-order valence-electron chi connectivity index (χ2n) is 6.27. The topological polar surface area (TPSA) is 99.0 Å². The molecule has 1 aromatic heterocycles. The lowest BCUT2D eigenvalue weighted by molar-refractivity contribution is 0.174. The molecule has 138 valence electrons. The molecule has 0 saturated heterocycles. The van der Waals surface area contributed by atoms with E-state index < -0.39 is 0 Å². The van der Waals surface area contributed by atoms with Gasteiger partial charge in [-0.2, -0.15) is 0 Å². The first-order valence-corrected chi connectivity index (χ1v) is 8.76. The predicted molar refractivity (Wildman–Crippen MR) is 101 cm³/mol. The van der Waals surface area contributed by atoms with E-state index in [1.165, 1.54) is 11.1 Å². The van der Waals surface area contributed by atoms with Crippen molar-refractivity contribution in [3.8, 4) is 11.5 Å². The van der Waals surface area contributed by atoms with Crippen molar-refractivity contribution in [3.63, 3.8) is 0 Å². The fourth-order valence-corrected chi connectivity index (χ4v) is 2.92. The van der Waals surface area contributed by atoms with E-state index in [4.69, 9.17) is 20.9 Å². The number of guanidine groups is 1. The number of hydrogen-bond acceptors (Lipinski definition) is 5. The van der Waals surface area contributed by atoms with Gasteiger partial charge < -0.3 is 20.9 Å². The molecular formula is C19H25N5O2. The highest BCUT2D eigenvalue weighted by molar-refractivity contribution is 5.75. The molecule has 7 nitrogen and oxygen atoms in total. The Morgan fingerprint density at radius 3 is 2.73 bits per heavy atom. The van der Waals surface area contributed by atoms with Gasteiger partial charge >= 0.3 is 0 Å². The van der Waals surface area contributed by atoms with Crippen LogP contribution in [-0.2, 0) is 13.1 Å². The summed E-state index contributed by atoms with van der Waals surface area (Å²) in [5, 5.41) is 0. The Morgan fingerprint density at radius 1 is 1.08 bits per heavy atom. The molecule has 4 N–H and O–H groups in total. The number of ether oxygens (including phenoxy) is 2. The van der Waals surface area contributed by atoms with Crippen molar-refractivity contribution in [1.29, 1.82) is 0 Å². The number of fused-ring (bicyclic) bond motifs is 1. The van der Waals surface area contributed by atoms with Crippen molar-refractivity contribution in [1.82, 2.24) is 9.88 Å². The smallest absolute Gasteiger partial charge is 0.231 e. The number of pyridine rings is 1. The molecule has 0 bridgehead atoms. The molecule has 0 unspecified atom stereocenters. The van der Waals surface area contributed by atoms with E-state index in [0.29, 0.717) is 13.3 Å². The van der Waals surface area contributed by atoms with Gasteiger partial charge in [-0.1, -0.05) is 12.1 Å². The minimum atomic E-state index is 0.151. The van der Waals surface area contributed by atoms with Crippen LogP contribution in [0.5, 0.6) is 11.5 Å². The number of hydrogen-bond donors (Lipinski definition) is 2. The molecule has 7 heteroatoms. The first kappa shape index (κ1) is 18.0. The Hall–Kier alpha value is -2.80. The Bertz CT molecular complexity index is 732. The molecule has 1 aliphatic rings. The summed E-state index contributed by atoms with van der Waals surface area (Å²) >= 11 is 0. The maximum absolute atomic E-state index is 5.49. The predicted octanol–water partition coefficient (Wildman–Crippen LogP) is 1.87. The van der Waals surface area contributed by atoms with Gasteiger partial charge in [0.15, 0.2) is 17.5 Å². The SMILES string of the molecule is NC(N)=NCCCCN(Cc1cccnc1)Cc1ccc2c(c1)OCO2. The first-order chi connectivity index (χ1) is 12.7. The maximum Gasteiger partial charge on any atom is 0.231 e. The lowest BCUT2D eigenvalue weighted by atomic mass is 10.1. The van der Waals surface area contributed by atoms with E-state index in [2.05, 4.69) is 33.1 Å². The highest BCUT2D eigenvalue weighted by Crippen LogP contribution is 2.32. The van der Waals surface area contributed by atoms with Crippen molar-refractivity contribution in [2.75, 3.05) is 19.9 Å². The van der Waals surface area contributed by atoms with Gasteiger partial charge in [-0.05, 0) is 48.7 Å². The summed E-state index contributed by atoms with van der Waals surface area (Å²) in [5.74, 6) is 1.78. The van der Waals surface area contributed by atoms with E-state index in [0.717, 1.165) is 44.0 Å². The zero-order chi connectivity index (χ0) is 18.2. The Balaban J connectivity index is 1.61. The molecule has 3 rings (SSSR count). The minimum absolute atomic E-state index is 0.151. The Morgan fingerprint density at radius 2 is 1.92 bits per heavy atom. The maximum atomic E-state index is 5.49. The minimum Gasteiger partial charge on any atom is -0.454 e. The Labute approximate surface area is 153 Å². The van der Waals surface area contributed by atoms with Crippen LogP contribution in [0.1, 0.15) is 24.0 Å². The van der Waals surface area contributed by atoms with E-state index in [-0.39, 0.29) is 5.96 Å². The summed E-state index contributed by atoms with van der Waals surface area (Å²) in [5.41, 5.74) is 13.1. The molecule has 1 aliphatic heterocycles. The van der Waals surface area contributed by atoms with Crippen molar-refractivity contribution in [2.45, 2.75) is 25.9 Å². The summed E-state index contributed by atoms with van der Waals surface area (Å²) in [6.07, 6.45) is 5.66. The van der Waals surface area contributed by atoms with Crippen LogP contribution in [0.3, 0.4) is 0 Å². The summed E-state index contributed by atoms with van der Waals surface area (Å²) in [6, 6.07) is 10.2. The number of unbranched alkanes of at least 4 members (excludes halogenated alkanes) is 1. The lowest BCUT2D eigenvalue weighted by Crippen LogP contribution is -2.25. The third kappa shape index (κ3) is 5.35. The van der Waals surface area contributed by atoms with Gasteiger partial charge in [0.1, 0.15) is 0 Å². The highest BCUT2D eigenvalue weighted by Gasteiger charge is 2.15. The van der Waals surface area contributed by atoms with E-state index in [9.17, 15) is 0 Å². The van der Waals surface area contributed by atoms with Crippen LogP contribution in [0, 0.1) is 0 Å². The van der Waals surface area contributed by atoms with E-state index >= 15 is 0 Å². The second kappa shape index (κ2) is 9.05. The average molecular weight is 355 g/mol. The lowest BCUT2D eigenvalue weighted by Gasteiger charge is -2.22. The molecule has 0 amide bonds. The quantitative estimate of drug-likeness (QED) is 0.405. The molecule has 0 saturated carbocycles. The zero-order valence-corrected chi connectivity index (χ0v) is 14.8. The third-order valence-electron chi connectivity index (χ3n) is 4.15. The number of aliphatic imine (C=N–C) groups is 1. The molecule has 0 atom stereocenters. The molecular weight excluding hydrogens is 330 g/mol. The molecule has 0 fully saturated rings. The highest BCUT2D eigenvalue weighted by atomic mass is 16.7. The number of benzene rings is 1. The summed E-state index contributed by atoms with van der Waals surface area (Å²) < 4.78 is 10.9. The number of nitrogens with zero attached hydrogens (tertiary/aromatic N) is 3. The van der Waals surface area contributed by atoms with Gasteiger partial charge in [-0.25, -0.2) is 0 Å². The van der Waals surface area contributed by atoms with Crippen LogP contribution in [0.15, 0.2) is 47.7 Å². The fourth-order valence-electron chi connectivity index (χ4n) is 2.92. The largest absolute Gasteiger partial charge is 0.454 e. The first-order valence-electron chi connectivity index (χ1n) is 8.76. The standard InChI is InChI=1S/C19H25N5O2/c20-19(21)23-8-1-2-9-24(13-16-4-3-7-22-11-16)12-15-5-6-17-18(10-15)26-14-25-17/h3-7,10-11H,1-2,8-9,12-14H2,(H4,20,21,23). The van der Waals surface area contributed by atoms with Crippen molar-refractivity contribution >= 4 is 5.96 Å². The third-order valence-corrected chi connectivity index (χ3v) is 4.15. The van der Waals surface area contributed by atoms with Gasteiger partial charge in [-0.3, -0.25) is 14.9 Å². The van der Waals surface area contributed by atoms with Crippen LogP contribution >= 0.6 is 0 Å². The van der Waals surface area contributed by atoms with Gasteiger partial charge in [0.25, 0.3) is 0 Å². The normalized spacial score (nSPS) is 12.3. The van der Waals surface area contributed by atoms with Gasteiger partial charge in [0, 0.05) is 32.0 Å². The molecule has 2 heterocycles.